The van der Waals surface area contributed by atoms with Crippen molar-refractivity contribution in [2.24, 2.45) is 0 Å². The summed E-state index contributed by atoms with van der Waals surface area (Å²) in [5.74, 6) is -0.331. The molecule has 6 heteroatoms. The number of alkyl halides is 3. The van der Waals surface area contributed by atoms with E-state index in [0.717, 1.165) is 37.8 Å². The van der Waals surface area contributed by atoms with Crippen molar-refractivity contribution >= 4 is 21.8 Å². The van der Waals surface area contributed by atoms with Gasteiger partial charge in [-0.3, -0.25) is 4.79 Å². The van der Waals surface area contributed by atoms with Crippen LogP contribution in [0.5, 0.6) is 0 Å². The molecule has 1 aliphatic carbocycles. The molecule has 1 aromatic carbocycles. The van der Waals surface area contributed by atoms with Gasteiger partial charge in [0.1, 0.15) is 0 Å². The highest BCUT2D eigenvalue weighted by molar-refractivity contribution is 9.10. The standard InChI is InChI=1S/C15H17BrF3NO/c1-2-20(11-5-3-4-6-11)14(21)12-9-10(15(17,18)19)7-8-13(12)16/h7-9,11H,2-6H2,1H3. The van der Waals surface area contributed by atoms with Crippen LogP contribution < -0.4 is 0 Å². The number of rotatable bonds is 3. The Bertz CT molecular complexity index is 524. The lowest BCUT2D eigenvalue weighted by molar-refractivity contribution is -0.137. The number of hydrogen-bond donors (Lipinski definition) is 0. The zero-order valence-corrected chi connectivity index (χ0v) is 13.3. The quantitative estimate of drug-likeness (QED) is 0.749. The Morgan fingerprint density at radius 3 is 2.48 bits per heavy atom. The Labute approximate surface area is 130 Å². The van der Waals surface area contributed by atoms with Gasteiger partial charge in [-0.05, 0) is 53.9 Å². The molecule has 0 aromatic heterocycles. The molecule has 0 saturated heterocycles. The summed E-state index contributed by atoms with van der Waals surface area (Å²) in [5.41, 5.74) is -0.713. The highest BCUT2D eigenvalue weighted by Crippen LogP contribution is 2.33. The average molecular weight is 364 g/mol. The summed E-state index contributed by atoms with van der Waals surface area (Å²) >= 11 is 3.19. The van der Waals surface area contributed by atoms with Crippen molar-refractivity contribution in [2.75, 3.05) is 6.54 Å². The summed E-state index contributed by atoms with van der Waals surface area (Å²) in [4.78, 5) is 14.3. The zero-order chi connectivity index (χ0) is 15.6. The summed E-state index contributed by atoms with van der Waals surface area (Å²) in [6.07, 6.45) is -0.455. The summed E-state index contributed by atoms with van der Waals surface area (Å²) in [7, 11) is 0. The molecule has 21 heavy (non-hydrogen) atoms. The van der Waals surface area contributed by atoms with Gasteiger partial charge in [-0.2, -0.15) is 13.2 Å². The molecule has 1 fully saturated rings. The third-order valence-corrected chi connectivity index (χ3v) is 4.58. The summed E-state index contributed by atoms with van der Waals surface area (Å²) in [6, 6.07) is 3.35. The monoisotopic (exact) mass is 363 g/mol. The molecule has 0 bridgehead atoms. The third-order valence-electron chi connectivity index (χ3n) is 3.89. The molecule has 0 radical (unpaired) electrons. The van der Waals surface area contributed by atoms with E-state index in [1.165, 1.54) is 6.07 Å². The number of nitrogens with zero attached hydrogens (tertiary/aromatic N) is 1. The van der Waals surface area contributed by atoms with Gasteiger partial charge in [0.2, 0.25) is 0 Å². The van der Waals surface area contributed by atoms with E-state index in [4.69, 9.17) is 0 Å². The molecule has 2 rings (SSSR count). The highest BCUT2D eigenvalue weighted by atomic mass is 79.9. The molecule has 0 spiro atoms. The SMILES string of the molecule is CCN(C(=O)c1cc(C(F)(F)F)ccc1Br)C1CCCC1. The van der Waals surface area contributed by atoms with E-state index in [1.54, 1.807) is 4.90 Å². The second-order valence-corrected chi connectivity index (χ2v) is 6.08. The molecule has 2 nitrogen and oxygen atoms in total. The van der Waals surface area contributed by atoms with Crippen LogP contribution in [-0.4, -0.2) is 23.4 Å². The van der Waals surface area contributed by atoms with Crippen LogP contribution in [0.25, 0.3) is 0 Å². The maximum atomic E-state index is 12.8. The Balaban J connectivity index is 2.32. The Morgan fingerprint density at radius 1 is 1.33 bits per heavy atom. The van der Waals surface area contributed by atoms with Gasteiger partial charge in [-0.25, -0.2) is 0 Å². The molecule has 1 saturated carbocycles. The molecule has 0 N–H and O–H groups in total. The lowest BCUT2D eigenvalue weighted by Crippen LogP contribution is -2.38. The van der Waals surface area contributed by atoms with E-state index in [1.807, 2.05) is 6.92 Å². The second kappa shape index (κ2) is 6.38. The van der Waals surface area contributed by atoms with Gasteiger partial charge in [0.05, 0.1) is 11.1 Å². The van der Waals surface area contributed by atoms with E-state index in [2.05, 4.69) is 15.9 Å². The van der Waals surface area contributed by atoms with Crippen LogP contribution in [0, 0.1) is 0 Å². The Morgan fingerprint density at radius 2 is 1.95 bits per heavy atom. The van der Waals surface area contributed by atoms with Crippen molar-refractivity contribution in [3.63, 3.8) is 0 Å². The van der Waals surface area contributed by atoms with Crippen LogP contribution in [-0.2, 0) is 6.18 Å². The number of carbonyl (C=O) groups is 1. The van der Waals surface area contributed by atoms with Gasteiger partial charge in [0.25, 0.3) is 5.91 Å². The smallest absolute Gasteiger partial charge is 0.336 e. The van der Waals surface area contributed by atoms with Crippen molar-refractivity contribution in [1.29, 1.82) is 0 Å². The van der Waals surface area contributed by atoms with Crippen LogP contribution >= 0.6 is 15.9 Å². The van der Waals surface area contributed by atoms with Crippen molar-refractivity contribution in [1.82, 2.24) is 4.90 Å². The number of carbonyl (C=O) groups excluding carboxylic acids is 1. The van der Waals surface area contributed by atoms with E-state index in [-0.39, 0.29) is 17.5 Å². The molecule has 1 aromatic rings. The van der Waals surface area contributed by atoms with E-state index >= 15 is 0 Å². The van der Waals surface area contributed by atoms with Gasteiger partial charge >= 0.3 is 6.18 Å². The van der Waals surface area contributed by atoms with E-state index in [9.17, 15) is 18.0 Å². The number of benzene rings is 1. The molecule has 0 aliphatic heterocycles. The molecule has 1 amide bonds. The minimum Gasteiger partial charge on any atom is -0.336 e. The second-order valence-electron chi connectivity index (χ2n) is 5.22. The molecular formula is C15H17BrF3NO. The first-order chi connectivity index (χ1) is 9.84. The van der Waals surface area contributed by atoms with Gasteiger partial charge in [0.15, 0.2) is 0 Å². The van der Waals surface area contributed by atoms with Gasteiger partial charge in [-0.1, -0.05) is 12.8 Å². The van der Waals surface area contributed by atoms with E-state index < -0.39 is 11.7 Å². The minimum absolute atomic E-state index is 0.0820. The number of halogens is 4. The third kappa shape index (κ3) is 3.59. The summed E-state index contributed by atoms with van der Waals surface area (Å²) in [6.45, 7) is 2.36. The molecular weight excluding hydrogens is 347 g/mol. The molecule has 0 unspecified atom stereocenters. The topological polar surface area (TPSA) is 20.3 Å². The first-order valence-electron chi connectivity index (χ1n) is 7.02. The van der Waals surface area contributed by atoms with E-state index in [0.29, 0.717) is 11.0 Å². The largest absolute Gasteiger partial charge is 0.416 e. The zero-order valence-electron chi connectivity index (χ0n) is 11.7. The molecule has 0 heterocycles. The fraction of sp³-hybridized carbons (Fsp3) is 0.533. The maximum absolute atomic E-state index is 12.8. The predicted molar refractivity (Wildman–Crippen MR) is 78.1 cm³/mol. The first kappa shape index (κ1) is 16.3. The van der Waals surface area contributed by atoms with Crippen molar-refractivity contribution in [3.8, 4) is 0 Å². The minimum atomic E-state index is -4.44. The first-order valence-corrected chi connectivity index (χ1v) is 7.81. The predicted octanol–water partition coefficient (Wildman–Crippen LogP) is 4.87. The van der Waals surface area contributed by atoms with Crippen molar-refractivity contribution < 1.29 is 18.0 Å². The Kier molecular flexibility index (Phi) is 4.96. The molecule has 116 valence electrons. The molecule has 0 atom stereocenters. The number of amides is 1. The fourth-order valence-corrected chi connectivity index (χ4v) is 3.22. The van der Waals surface area contributed by atoms with Gasteiger partial charge in [0, 0.05) is 17.1 Å². The van der Waals surface area contributed by atoms with Crippen LogP contribution in [0.15, 0.2) is 22.7 Å². The Hall–Kier alpha value is -1.04. The molecule has 1 aliphatic rings. The van der Waals surface area contributed by atoms with Crippen LogP contribution in [0.1, 0.15) is 48.5 Å². The van der Waals surface area contributed by atoms with Gasteiger partial charge in [-0.15, -0.1) is 0 Å². The fourth-order valence-electron chi connectivity index (χ4n) is 2.80. The van der Waals surface area contributed by atoms with Crippen LogP contribution in [0.3, 0.4) is 0 Å². The summed E-state index contributed by atoms with van der Waals surface area (Å²) in [5, 5.41) is 0. The van der Waals surface area contributed by atoms with Crippen molar-refractivity contribution in [2.45, 2.75) is 44.8 Å². The normalized spacial score (nSPS) is 16.2. The van der Waals surface area contributed by atoms with Crippen molar-refractivity contribution in [3.05, 3.63) is 33.8 Å². The van der Waals surface area contributed by atoms with Gasteiger partial charge < -0.3 is 4.90 Å². The summed E-state index contributed by atoms with van der Waals surface area (Å²) < 4.78 is 38.8. The maximum Gasteiger partial charge on any atom is 0.416 e. The highest BCUT2D eigenvalue weighted by Gasteiger charge is 2.33. The van der Waals surface area contributed by atoms with Crippen LogP contribution in [0.2, 0.25) is 0 Å². The lowest BCUT2D eigenvalue weighted by atomic mass is 10.1. The average Bonchev–Trinajstić information content (AvgIpc) is 2.92. The number of hydrogen-bond acceptors (Lipinski definition) is 1. The van der Waals surface area contributed by atoms with Crippen LogP contribution in [0.4, 0.5) is 13.2 Å². The lowest BCUT2D eigenvalue weighted by Gasteiger charge is -2.28.